The van der Waals surface area contributed by atoms with Crippen molar-refractivity contribution in [2.75, 3.05) is 18.4 Å². The zero-order valence-electron chi connectivity index (χ0n) is 16.3. The molecule has 0 bridgehead atoms. The second-order valence-electron chi connectivity index (χ2n) is 7.64. The molecule has 1 saturated heterocycles. The number of aryl methyl sites for hydroxylation is 1. The van der Waals surface area contributed by atoms with Crippen molar-refractivity contribution in [2.45, 2.75) is 33.2 Å². The number of carbonyl (C=O) groups excluding carboxylic acids is 2. The molecule has 0 aliphatic carbocycles. The van der Waals surface area contributed by atoms with E-state index >= 15 is 0 Å². The van der Waals surface area contributed by atoms with Gasteiger partial charge in [0.25, 0.3) is 0 Å². The molecule has 148 valence electrons. The van der Waals surface area contributed by atoms with E-state index < -0.39 is 11.2 Å². The molecule has 5 nitrogen and oxygen atoms in total. The molecule has 1 fully saturated rings. The maximum Gasteiger partial charge on any atom is 0.321 e. The van der Waals surface area contributed by atoms with Gasteiger partial charge in [0.05, 0.1) is 5.41 Å². The fourth-order valence-electron chi connectivity index (χ4n) is 3.56. The Morgan fingerprint density at radius 2 is 1.96 bits per heavy atom. The number of benzene rings is 2. The van der Waals surface area contributed by atoms with E-state index in [1.165, 1.54) is 12.1 Å². The van der Waals surface area contributed by atoms with Crippen LogP contribution in [0.25, 0.3) is 0 Å². The predicted molar refractivity (Wildman–Crippen MR) is 107 cm³/mol. The Morgan fingerprint density at radius 1 is 1.18 bits per heavy atom. The number of carbonyl (C=O) groups is 2. The second-order valence-corrected chi connectivity index (χ2v) is 7.64. The summed E-state index contributed by atoms with van der Waals surface area (Å²) in [5.41, 5.74) is 1.96. The van der Waals surface area contributed by atoms with Gasteiger partial charge in [0.2, 0.25) is 5.91 Å². The number of nitrogens with one attached hydrogen (secondary N) is 2. The molecule has 1 aliphatic heterocycles. The van der Waals surface area contributed by atoms with E-state index in [0.29, 0.717) is 25.3 Å². The number of anilines is 1. The first kappa shape index (κ1) is 19.9. The van der Waals surface area contributed by atoms with Crippen LogP contribution in [0, 0.1) is 18.2 Å². The summed E-state index contributed by atoms with van der Waals surface area (Å²) in [5, 5.41) is 5.73. The molecule has 0 aromatic heterocycles. The summed E-state index contributed by atoms with van der Waals surface area (Å²) in [5.74, 6) is -0.462. The van der Waals surface area contributed by atoms with Gasteiger partial charge in [0.15, 0.2) is 0 Å². The highest BCUT2D eigenvalue weighted by Crippen LogP contribution is 2.30. The maximum absolute atomic E-state index is 13.3. The number of hydrogen-bond acceptors (Lipinski definition) is 2. The first-order valence-electron chi connectivity index (χ1n) is 9.52. The zero-order valence-corrected chi connectivity index (χ0v) is 16.3. The molecule has 2 aromatic carbocycles. The van der Waals surface area contributed by atoms with Gasteiger partial charge in [-0.15, -0.1) is 0 Å². The van der Waals surface area contributed by atoms with Gasteiger partial charge in [-0.1, -0.05) is 30.3 Å². The van der Waals surface area contributed by atoms with Crippen LogP contribution in [-0.2, 0) is 11.3 Å². The summed E-state index contributed by atoms with van der Waals surface area (Å²) in [6.07, 6.45) is 1.46. The third-order valence-electron chi connectivity index (χ3n) is 5.31. The third-order valence-corrected chi connectivity index (χ3v) is 5.31. The van der Waals surface area contributed by atoms with Crippen molar-refractivity contribution in [3.05, 3.63) is 65.5 Å². The molecule has 1 aliphatic rings. The standard InChI is InChI=1S/C22H26FN3O2/c1-16-7-3-4-8-17(16)14-24-20(27)22(2)11-6-12-26(15-22)21(28)25-19-10-5-9-18(23)13-19/h3-5,7-10,13H,6,11-12,14-15H2,1-2H3,(H,24,27)(H,25,28). The maximum atomic E-state index is 13.3. The largest absolute Gasteiger partial charge is 0.351 e. The quantitative estimate of drug-likeness (QED) is 0.836. The summed E-state index contributed by atoms with van der Waals surface area (Å²) < 4.78 is 13.3. The molecule has 2 N–H and O–H groups in total. The summed E-state index contributed by atoms with van der Waals surface area (Å²) in [7, 11) is 0. The van der Waals surface area contributed by atoms with Crippen molar-refractivity contribution >= 4 is 17.6 Å². The number of nitrogens with zero attached hydrogens (tertiary/aromatic N) is 1. The Labute approximate surface area is 164 Å². The van der Waals surface area contributed by atoms with Crippen LogP contribution < -0.4 is 10.6 Å². The molecule has 0 radical (unpaired) electrons. The SMILES string of the molecule is Cc1ccccc1CNC(=O)C1(C)CCCN(C(=O)Nc2cccc(F)c2)C1. The third kappa shape index (κ3) is 4.68. The lowest BCUT2D eigenvalue weighted by atomic mass is 9.81. The monoisotopic (exact) mass is 383 g/mol. The Balaban J connectivity index is 1.61. The van der Waals surface area contributed by atoms with E-state index in [9.17, 15) is 14.0 Å². The number of rotatable bonds is 4. The molecule has 6 heteroatoms. The molecule has 0 saturated carbocycles. The molecule has 0 spiro atoms. The minimum absolute atomic E-state index is 0.0565. The van der Waals surface area contributed by atoms with Crippen LogP contribution in [0.4, 0.5) is 14.9 Å². The lowest BCUT2D eigenvalue weighted by molar-refractivity contribution is -0.132. The van der Waals surface area contributed by atoms with Crippen molar-refractivity contribution in [1.82, 2.24) is 10.2 Å². The first-order valence-corrected chi connectivity index (χ1v) is 9.52. The summed E-state index contributed by atoms with van der Waals surface area (Å²) >= 11 is 0. The van der Waals surface area contributed by atoms with Crippen molar-refractivity contribution < 1.29 is 14.0 Å². The molecule has 2 aromatic rings. The van der Waals surface area contributed by atoms with E-state index in [1.54, 1.807) is 17.0 Å². The Kier molecular flexibility index (Phi) is 5.97. The van der Waals surface area contributed by atoms with Crippen molar-refractivity contribution in [1.29, 1.82) is 0 Å². The summed E-state index contributed by atoms with van der Waals surface area (Å²) in [6.45, 7) is 5.27. The number of piperidine rings is 1. The Morgan fingerprint density at radius 3 is 2.71 bits per heavy atom. The predicted octanol–water partition coefficient (Wildman–Crippen LogP) is 4.08. The van der Waals surface area contributed by atoms with Crippen LogP contribution in [-0.4, -0.2) is 29.9 Å². The highest BCUT2D eigenvalue weighted by molar-refractivity contribution is 5.90. The molecule has 1 unspecified atom stereocenters. The minimum Gasteiger partial charge on any atom is -0.351 e. The topological polar surface area (TPSA) is 61.4 Å². The van der Waals surface area contributed by atoms with Gasteiger partial charge in [0, 0.05) is 25.3 Å². The van der Waals surface area contributed by atoms with Gasteiger partial charge < -0.3 is 15.5 Å². The lowest BCUT2D eigenvalue weighted by Gasteiger charge is -2.39. The molecule has 1 atom stereocenters. The number of halogens is 1. The second kappa shape index (κ2) is 8.42. The summed E-state index contributed by atoms with van der Waals surface area (Å²) in [4.78, 5) is 27.1. The Bertz CT molecular complexity index is 870. The number of amides is 3. The average Bonchev–Trinajstić information content (AvgIpc) is 2.67. The number of likely N-dealkylation sites (tertiary alicyclic amines) is 1. The average molecular weight is 383 g/mol. The van der Waals surface area contributed by atoms with E-state index in [1.807, 2.05) is 38.1 Å². The van der Waals surface area contributed by atoms with Crippen LogP contribution in [0.5, 0.6) is 0 Å². The van der Waals surface area contributed by atoms with E-state index in [-0.39, 0.29) is 11.9 Å². The molecule has 3 amide bonds. The number of hydrogen-bond donors (Lipinski definition) is 2. The molecular weight excluding hydrogens is 357 g/mol. The lowest BCUT2D eigenvalue weighted by Crippen LogP contribution is -2.52. The van der Waals surface area contributed by atoms with E-state index in [2.05, 4.69) is 10.6 Å². The summed E-state index contributed by atoms with van der Waals surface area (Å²) in [6, 6.07) is 13.4. The van der Waals surface area contributed by atoms with Crippen LogP contribution in [0.3, 0.4) is 0 Å². The fraction of sp³-hybridized carbons (Fsp3) is 0.364. The highest BCUT2D eigenvalue weighted by atomic mass is 19.1. The van der Waals surface area contributed by atoms with Gasteiger partial charge in [-0.25, -0.2) is 9.18 Å². The van der Waals surface area contributed by atoms with Crippen LogP contribution >= 0.6 is 0 Å². The van der Waals surface area contributed by atoms with Gasteiger partial charge in [-0.05, 0) is 56.0 Å². The van der Waals surface area contributed by atoms with E-state index in [0.717, 1.165) is 24.0 Å². The molecular formula is C22H26FN3O2. The highest BCUT2D eigenvalue weighted by Gasteiger charge is 2.39. The van der Waals surface area contributed by atoms with Crippen molar-refractivity contribution in [2.24, 2.45) is 5.41 Å². The van der Waals surface area contributed by atoms with Gasteiger partial charge in [-0.3, -0.25) is 4.79 Å². The Hall–Kier alpha value is -2.89. The van der Waals surface area contributed by atoms with Gasteiger partial charge in [-0.2, -0.15) is 0 Å². The fourth-order valence-corrected chi connectivity index (χ4v) is 3.56. The normalized spacial score (nSPS) is 19.2. The van der Waals surface area contributed by atoms with Gasteiger partial charge in [0.1, 0.15) is 5.82 Å². The van der Waals surface area contributed by atoms with Crippen molar-refractivity contribution in [3.63, 3.8) is 0 Å². The first-order chi connectivity index (χ1) is 13.4. The molecule has 1 heterocycles. The smallest absolute Gasteiger partial charge is 0.321 e. The van der Waals surface area contributed by atoms with Crippen LogP contribution in [0.15, 0.2) is 48.5 Å². The van der Waals surface area contributed by atoms with Crippen LogP contribution in [0.1, 0.15) is 30.9 Å². The number of urea groups is 1. The van der Waals surface area contributed by atoms with Crippen molar-refractivity contribution in [3.8, 4) is 0 Å². The van der Waals surface area contributed by atoms with E-state index in [4.69, 9.17) is 0 Å². The molecule has 28 heavy (non-hydrogen) atoms. The zero-order chi connectivity index (χ0) is 20.1. The molecule has 3 rings (SSSR count). The van der Waals surface area contributed by atoms with Crippen LogP contribution in [0.2, 0.25) is 0 Å². The minimum atomic E-state index is -0.653. The van der Waals surface area contributed by atoms with Gasteiger partial charge >= 0.3 is 6.03 Å².